The second kappa shape index (κ2) is 5.42. The van der Waals surface area contributed by atoms with Gasteiger partial charge in [0.2, 0.25) is 0 Å². The molecule has 1 N–H and O–H groups in total. The first-order valence-electron chi connectivity index (χ1n) is 5.47. The van der Waals surface area contributed by atoms with Crippen molar-refractivity contribution in [2.24, 2.45) is 0 Å². The van der Waals surface area contributed by atoms with E-state index in [1.807, 2.05) is 30.3 Å². The molecule has 0 fully saturated rings. The Kier molecular flexibility index (Phi) is 3.67. The van der Waals surface area contributed by atoms with Crippen LogP contribution in [0, 0.1) is 0 Å². The second-order valence-electron chi connectivity index (χ2n) is 3.76. The van der Waals surface area contributed by atoms with Crippen LogP contribution in [0.15, 0.2) is 54.9 Å². The number of aliphatic hydroxyl groups is 1. The first kappa shape index (κ1) is 10.8. The Hall–Kier alpha value is -1.67. The molecule has 16 heavy (non-hydrogen) atoms. The van der Waals surface area contributed by atoms with Gasteiger partial charge in [-0.05, 0) is 29.7 Å². The zero-order valence-electron chi connectivity index (χ0n) is 9.08. The third-order valence-electron chi connectivity index (χ3n) is 2.73. The molecule has 1 atom stereocenters. The van der Waals surface area contributed by atoms with Crippen LogP contribution in [0.5, 0.6) is 0 Å². The number of hydrogen-bond acceptors (Lipinski definition) is 2. The predicted octanol–water partition coefficient (Wildman–Crippen LogP) is 2.60. The molecule has 0 unspecified atom stereocenters. The van der Waals surface area contributed by atoms with Crippen molar-refractivity contribution < 1.29 is 5.11 Å². The van der Waals surface area contributed by atoms with Gasteiger partial charge in [0.25, 0.3) is 0 Å². The lowest BCUT2D eigenvalue weighted by Crippen LogP contribution is -2.03. The number of rotatable bonds is 4. The van der Waals surface area contributed by atoms with Crippen LogP contribution in [0.1, 0.15) is 23.5 Å². The highest BCUT2D eigenvalue weighted by molar-refractivity contribution is 5.30. The molecule has 82 valence electrons. The van der Waals surface area contributed by atoms with E-state index in [9.17, 15) is 0 Å². The zero-order valence-corrected chi connectivity index (χ0v) is 9.08. The SMILES string of the molecule is OCC[C@@H](c1ccccc1)c1ccncc1. The Morgan fingerprint density at radius 2 is 1.56 bits per heavy atom. The topological polar surface area (TPSA) is 33.1 Å². The van der Waals surface area contributed by atoms with Crippen molar-refractivity contribution in [3.8, 4) is 0 Å². The van der Waals surface area contributed by atoms with Crippen LogP contribution in [0.3, 0.4) is 0 Å². The van der Waals surface area contributed by atoms with E-state index in [-0.39, 0.29) is 12.5 Å². The second-order valence-corrected chi connectivity index (χ2v) is 3.76. The molecule has 0 aliphatic rings. The largest absolute Gasteiger partial charge is 0.396 e. The Bertz CT molecular complexity index is 374. The first-order valence-corrected chi connectivity index (χ1v) is 5.47. The molecule has 0 aliphatic carbocycles. The van der Waals surface area contributed by atoms with Crippen molar-refractivity contribution in [3.63, 3.8) is 0 Å². The number of aliphatic hydroxyl groups excluding tert-OH is 1. The van der Waals surface area contributed by atoms with Crippen LogP contribution in [0.2, 0.25) is 0 Å². The lowest BCUT2D eigenvalue weighted by Gasteiger charge is -2.16. The van der Waals surface area contributed by atoms with Gasteiger partial charge in [-0.15, -0.1) is 0 Å². The van der Waals surface area contributed by atoms with Crippen LogP contribution in [0.4, 0.5) is 0 Å². The molecule has 2 aromatic rings. The fraction of sp³-hybridized carbons (Fsp3) is 0.214. The quantitative estimate of drug-likeness (QED) is 0.846. The minimum atomic E-state index is 0.196. The van der Waals surface area contributed by atoms with Crippen LogP contribution in [-0.4, -0.2) is 16.7 Å². The summed E-state index contributed by atoms with van der Waals surface area (Å²) >= 11 is 0. The van der Waals surface area contributed by atoms with Gasteiger partial charge in [0.15, 0.2) is 0 Å². The molecule has 2 heteroatoms. The average Bonchev–Trinajstić information content (AvgIpc) is 2.38. The summed E-state index contributed by atoms with van der Waals surface area (Å²) in [6.45, 7) is 0.196. The van der Waals surface area contributed by atoms with Crippen molar-refractivity contribution in [3.05, 3.63) is 66.0 Å². The maximum Gasteiger partial charge on any atom is 0.0440 e. The maximum absolute atomic E-state index is 9.14. The fourth-order valence-corrected chi connectivity index (χ4v) is 1.94. The maximum atomic E-state index is 9.14. The van der Waals surface area contributed by atoms with Gasteiger partial charge >= 0.3 is 0 Å². The summed E-state index contributed by atoms with van der Waals surface area (Å²) in [6.07, 6.45) is 4.33. The van der Waals surface area contributed by atoms with Gasteiger partial charge in [0.05, 0.1) is 0 Å². The molecular formula is C14H15NO. The molecule has 0 radical (unpaired) electrons. The van der Waals surface area contributed by atoms with E-state index in [1.165, 1.54) is 11.1 Å². The zero-order chi connectivity index (χ0) is 11.2. The molecule has 1 aromatic heterocycles. The van der Waals surface area contributed by atoms with Crippen LogP contribution in [0.25, 0.3) is 0 Å². The van der Waals surface area contributed by atoms with Crippen LogP contribution in [-0.2, 0) is 0 Å². The van der Waals surface area contributed by atoms with Crippen molar-refractivity contribution in [2.75, 3.05) is 6.61 Å². The number of hydrogen-bond donors (Lipinski definition) is 1. The summed E-state index contributed by atoms with van der Waals surface area (Å²) < 4.78 is 0. The Balaban J connectivity index is 2.31. The third-order valence-corrected chi connectivity index (χ3v) is 2.73. The molecule has 1 heterocycles. The van der Waals surface area contributed by atoms with Gasteiger partial charge in [-0.3, -0.25) is 4.98 Å². The van der Waals surface area contributed by atoms with Gasteiger partial charge in [0.1, 0.15) is 0 Å². The van der Waals surface area contributed by atoms with Crippen molar-refractivity contribution in [1.29, 1.82) is 0 Å². The molecule has 0 saturated carbocycles. The third kappa shape index (κ3) is 2.47. The molecule has 2 rings (SSSR count). The predicted molar refractivity (Wildman–Crippen MR) is 64.2 cm³/mol. The van der Waals surface area contributed by atoms with E-state index < -0.39 is 0 Å². The summed E-state index contributed by atoms with van der Waals surface area (Å²) in [5, 5.41) is 9.14. The van der Waals surface area contributed by atoms with E-state index in [4.69, 9.17) is 5.11 Å². The Morgan fingerprint density at radius 1 is 0.938 bits per heavy atom. The number of pyridine rings is 1. The van der Waals surface area contributed by atoms with Crippen LogP contribution >= 0.6 is 0 Å². The molecule has 2 nitrogen and oxygen atoms in total. The van der Waals surface area contributed by atoms with Gasteiger partial charge in [-0.2, -0.15) is 0 Å². The molecule has 0 aliphatic heterocycles. The molecule has 0 amide bonds. The summed E-state index contributed by atoms with van der Waals surface area (Å²) in [5.41, 5.74) is 2.44. The summed E-state index contributed by atoms with van der Waals surface area (Å²) in [7, 11) is 0. The normalized spacial score (nSPS) is 12.3. The first-order chi connectivity index (χ1) is 7.92. The highest BCUT2D eigenvalue weighted by atomic mass is 16.3. The van der Waals surface area contributed by atoms with E-state index >= 15 is 0 Å². The standard InChI is InChI=1S/C14H15NO/c16-11-8-14(12-4-2-1-3-5-12)13-6-9-15-10-7-13/h1-7,9-10,14,16H,8,11H2/t14-/m0/s1. The summed E-state index contributed by atoms with van der Waals surface area (Å²) in [4.78, 5) is 4.02. The van der Waals surface area contributed by atoms with Gasteiger partial charge in [-0.1, -0.05) is 30.3 Å². The number of aromatic nitrogens is 1. The Labute approximate surface area is 95.6 Å². The van der Waals surface area contributed by atoms with Crippen molar-refractivity contribution in [2.45, 2.75) is 12.3 Å². The summed E-state index contributed by atoms with van der Waals surface area (Å²) in [6, 6.07) is 14.3. The van der Waals surface area contributed by atoms with E-state index in [1.54, 1.807) is 12.4 Å². The monoisotopic (exact) mass is 213 g/mol. The minimum absolute atomic E-state index is 0.196. The molecule has 0 bridgehead atoms. The van der Waals surface area contributed by atoms with Crippen molar-refractivity contribution >= 4 is 0 Å². The smallest absolute Gasteiger partial charge is 0.0440 e. The van der Waals surface area contributed by atoms with E-state index in [0.717, 1.165) is 6.42 Å². The minimum Gasteiger partial charge on any atom is -0.396 e. The summed E-state index contributed by atoms with van der Waals surface area (Å²) in [5.74, 6) is 0.259. The molecule has 0 spiro atoms. The van der Waals surface area contributed by atoms with E-state index in [2.05, 4.69) is 17.1 Å². The molecule has 1 aromatic carbocycles. The number of benzene rings is 1. The highest BCUT2D eigenvalue weighted by Gasteiger charge is 2.12. The lowest BCUT2D eigenvalue weighted by molar-refractivity contribution is 0.281. The van der Waals surface area contributed by atoms with Crippen molar-refractivity contribution in [1.82, 2.24) is 4.98 Å². The van der Waals surface area contributed by atoms with Crippen LogP contribution < -0.4 is 0 Å². The van der Waals surface area contributed by atoms with E-state index in [0.29, 0.717) is 0 Å². The van der Waals surface area contributed by atoms with Gasteiger partial charge in [-0.25, -0.2) is 0 Å². The highest BCUT2D eigenvalue weighted by Crippen LogP contribution is 2.26. The van der Waals surface area contributed by atoms with Gasteiger partial charge in [0, 0.05) is 24.9 Å². The molecule has 0 saturated heterocycles. The number of nitrogens with zero attached hydrogens (tertiary/aromatic N) is 1. The van der Waals surface area contributed by atoms with Gasteiger partial charge < -0.3 is 5.11 Å². The Morgan fingerprint density at radius 3 is 2.19 bits per heavy atom. The lowest BCUT2D eigenvalue weighted by atomic mass is 9.89. The fourth-order valence-electron chi connectivity index (χ4n) is 1.94. The molecular weight excluding hydrogens is 198 g/mol. The average molecular weight is 213 g/mol.